The fourth-order valence-electron chi connectivity index (χ4n) is 2.03. The summed E-state index contributed by atoms with van der Waals surface area (Å²) in [5.41, 5.74) is 1.32. The van der Waals surface area contributed by atoms with Gasteiger partial charge in [0.25, 0.3) is 0 Å². The Morgan fingerprint density at radius 3 is 2.88 bits per heavy atom. The Bertz CT molecular complexity index is 238. The highest BCUT2D eigenvalue weighted by Crippen LogP contribution is 2.30. The van der Waals surface area contributed by atoms with E-state index in [1.165, 1.54) is 37.3 Å². The number of hydrogen-bond donors (Lipinski definition) is 1. The summed E-state index contributed by atoms with van der Waals surface area (Å²) in [7, 11) is 0. The molecule has 1 aliphatic heterocycles. The van der Waals surface area contributed by atoms with E-state index in [-0.39, 0.29) is 0 Å². The first-order valence-electron chi connectivity index (χ1n) is 6.77. The quantitative estimate of drug-likeness (QED) is 0.581. The Labute approximate surface area is 111 Å². The van der Waals surface area contributed by atoms with Gasteiger partial charge in [-0.05, 0) is 31.5 Å². The van der Waals surface area contributed by atoms with E-state index in [0.717, 1.165) is 19.6 Å². The van der Waals surface area contributed by atoms with Crippen molar-refractivity contribution in [3.63, 3.8) is 0 Å². The summed E-state index contributed by atoms with van der Waals surface area (Å²) in [5, 5.41) is 3.42. The Morgan fingerprint density at radius 1 is 1.41 bits per heavy atom. The van der Waals surface area contributed by atoms with E-state index in [1.54, 1.807) is 0 Å². The first kappa shape index (κ1) is 15.1. The average Bonchev–Trinajstić information content (AvgIpc) is 2.41. The molecule has 1 saturated heterocycles. The molecule has 0 spiro atoms. The van der Waals surface area contributed by atoms with Gasteiger partial charge in [-0.25, -0.2) is 0 Å². The summed E-state index contributed by atoms with van der Waals surface area (Å²) in [5.74, 6) is 1.25. The van der Waals surface area contributed by atoms with Crippen molar-refractivity contribution in [2.75, 3.05) is 38.5 Å². The van der Waals surface area contributed by atoms with Crippen LogP contribution in [0.2, 0.25) is 0 Å². The van der Waals surface area contributed by atoms with E-state index in [1.807, 2.05) is 0 Å². The smallest absolute Gasteiger partial charge is 0.0203 e. The minimum absolute atomic E-state index is 0.455. The number of hydrogen-bond acceptors (Lipinski definition) is 3. The molecule has 0 radical (unpaired) electrons. The molecule has 1 heterocycles. The lowest BCUT2D eigenvalue weighted by atomic mass is 10.1. The van der Waals surface area contributed by atoms with E-state index >= 15 is 0 Å². The molecule has 1 fully saturated rings. The molecule has 3 heteroatoms. The summed E-state index contributed by atoms with van der Waals surface area (Å²) >= 11 is 2.11. The standard InChI is InChI=1S/C14H28N2S/c1-5-7-15-11-13(2)12-16-8-6-14(3,4)17-10-9-16/h15H,2,5-12H2,1,3-4H3. The van der Waals surface area contributed by atoms with E-state index < -0.39 is 0 Å². The van der Waals surface area contributed by atoms with Crippen LogP contribution in [0.25, 0.3) is 0 Å². The third kappa shape index (κ3) is 6.49. The van der Waals surface area contributed by atoms with Gasteiger partial charge in [-0.3, -0.25) is 4.90 Å². The second-order valence-corrected chi connectivity index (χ2v) is 7.36. The zero-order chi connectivity index (χ0) is 12.7. The maximum absolute atomic E-state index is 4.18. The summed E-state index contributed by atoms with van der Waals surface area (Å²) in [6.07, 6.45) is 2.48. The van der Waals surface area contributed by atoms with Crippen molar-refractivity contribution in [2.45, 2.75) is 38.4 Å². The highest BCUT2D eigenvalue weighted by atomic mass is 32.2. The van der Waals surface area contributed by atoms with Gasteiger partial charge < -0.3 is 5.32 Å². The van der Waals surface area contributed by atoms with Crippen LogP contribution >= 0.6 is 11.8 Å². The highest BCUT2D eigenvalue weighted by Gasteiger charge is 2.23. The largest absolute Gasteiger partial charge is 0.313 e. The molecule has 0 amide bonds. The number of thioether (sulfide) groups is 1. The predicted molar refractivity (Wildman–Crippen MR) is 79.9 cm³/mol. The maximum Gasteiger partial charge on any atom is 0.0203 e. The Balaban J connectivity index is 2.24. The highest BCUT2D eigenvalue weighted by molar-refractivity contribution is 8.00. The summed E-state index contributed by atoms with van der Waals surface area (Å²) < 4.78 is 0.455. The van der Waals surface area contributed by atoms with Gasteiger partial charge in [0.15, 0.2) is 0 Å². The molecule has 0 unspecified atom stereocenters. The van der Waals surface area contributed by atoms with Crippen molar-refractivity contribution < 1.29 is 0 Å². The summed E-state index contributed by atoms with van der Waals surface area (Å²) in [4.78, 5) is 2.55. The van der Waals surface area contributed by atoms with E-state index in [4.69, 9.17) is 0 Å². The van der Waals surface area contributed by atoms with Crippen molar-refractivity contribution in [3.8, 4) is 0 Å². The average molecular weight is 256 g/mol. The number of rotatable bonds is 6. The molecule has 1 N–H and O–H groups in total. The normalized spacial score (nSPS) is 21.1. The van der Waals surface area contributed by atoms with Gasteiger partial charge in [0.2, 0.25) is 0 Å². The monoisotopic (exact) mass is 256 g/mol. The molecule has 17 heavy (non-hydrogen) atoms. The van der Waals surface area contributed by atoms with Crippen molar-refractivity contribution in [3.05, 3.63) is 12.2 Å². The molecule has 0 saturated carbocycles. The van der Waals surface area contributed by atoms with Gasteiger partial charge >= 0.3 is 0 Å². The van der Waals surface area contributed by atoms with E-state index in [2.05, 4.69) is 49.3 Å². The van der Waals surface area contributed by atoms with Crippen molar-refractivity contribution in [1.29, 1.82) is 0 Å². The molecule has 0 aliphatic carbocycles. The second-order valence-electron chi connectivity index (χ2n) is 5.56. The summed E-state index contributed by atoms with van der Waals surface area (Å²) in [6.45, 7) is 16.7. The van der Waals surface area contributed by atoms with Gasteiger partial charge in [0.1, 0.15) is 0 Å². The molecule has 0 atom stereocenters. The van der Waals surface area contributed by atoms with Crippen LogP contribution in [-0.4, -0.2) is 48.1 Å². The SMILES string of the molecule is C=C(CNCCC)CN1CCSC(C)(C)CC1. The van der Waals surface area contributed by atoms with Gasteiger partial charge in [-0.2, -0.15) is 11.8 Å². The van der Waals surface area contributed by atoms with E-state index in [0.29, 0.717) is 4.75 Å². The van der Waals surface area contributed by atoms with Gasteiger partial charge in [-0.1, -0.05) is 27.4 Å². The van der Waals surface area contributed by atoms with Crippen LogP contribution in [0.3, 0.4) is 0 Å². The third-order valence-electron chi connectivity index (χ3n) is 3.18. The molecular formula is C14H28N2S. The fourth-order valence-corrected chi connectivity index (χ4v) is 3.17. The molecule has 2 nitrogen and oxygen atoms in total. The van der Waals surface area contributed by atoms with Crippen molar-refractivity contribution in [1.82, 2.24) is 10.2 Å². The lowest BCUT2D eigenvalue weighted by Crippen LogP contribution is -2.31. The fraction of sp³-hybridized carbons (Fsp3) is 0.857. The van der Waals surface area contributed by atoms with Crippen LogP contribution in [0.15, 0.2) is 12.2 Å². The van der Waals surface area contributed by atoms with Crippen LogP contribution in [0.5, 0.6) is 0 Å². The first-order chi connectivity index (χ1) is 8.03. The maximum atomic E-state index is 4.18. The minimum Gasteiger partial charge on any atom is -0.313 e. The van der Waals surface area contributed by atoms with Gasteiger partial charge in [0.05, 0.1) is 0 Å². The molecular weight excluding hydrogens is 228 g/mol. The van der Waals surface area contributed by atoms with Crippen LogP contribution < -0.4 is 5.32 Å². The topological polar surface area (TPSA) is 15.3 Å². The number of nitrogens with zero attached hydrogens (tertiary/aromatic N) is 1. The van der Waals surface area contributed by atoms with Crippen LogP contribution in [0.1, 0.15) is 33.6 Å². The molecule has 0 bridgehead atoms. The van der Waals surface area contributed by atoms with Crippen LogP contribution in [0, 0.1) is 0 Å². The Morgan fingerprint density at radius 2 is 2.18 bits per heavy atom. The Kier molecular flexibility index (Phi) is 6.60. The molecule has 0 aromatic heterocycles. The van der Waals surface area contributed by atoms with Gasteiger partial charge in [-0.15, -0.1) is 0 Å². The van der Waals surface area contributed by atoms with E-state index in [9.17, 15) is 0 Å². The van der Waals surface area contributed by atoms with Crippen LogP contribution in [0.4, 0.5) is 0 Å². The minimum atomic E-state index is 0.455. The summed E-state index contributed by atoms with van der Waals surface area (Å²) in [6, 6.07) is 0. The van der Waals surface area contributed by atoms with Crippen molar-refractivity contribution in [2.24, 2.45) is 0 Å². The third-order valence-corrected chi connectivity index (χ3v) is 4.55. The van der Waals surface area contributed by atoms with Gasteiger partial charge in [0, 0.05) is 30.1 Å². The molecule has 1 rings (SSSR count). The van der Waals surface area contributed by atoms with Crippen LogP contribution in [-0.2, 0) is 0 Å². The number of nitrogens with one attached hydrogen (secondary N) is 1. The predicted octanol–water partition coefficient (Wildman–Crippen LogP) is 2.76. The molecule has 100 valence electrons. The Hall–Kier alpha value is 0.0100. The zero-order valence-corrected chi connectivity index (χ0v) is 12.5. The lowest BCUT2D eigenvalue weighted by molar-refractivity contribution is 0.305. The molecule has 0 aromatic rings. The molecule has 0 aromatic carbocycles. The first-order valence-corrected chi connectivity index (χ1v) is 7.76. The molecule has 1 aliphatic rings. The second kappa shape index (κ2) is 7.45. The lowest BCUT2D eigenvalue weighted by Gasteiger charge is -2.23. The van der Waals surface area contributed by atoms with Crippen molar-refractivity contribution >= 4 is 11.8 Å². The zero-order valence-electron chi connectivity index (χ0n) is 11.7.